The molecule has 0 saturated carbocycles. The van der Waals surface area contributed by atoms with Crippen LogP contribution in [-0.2, 0) is 9.53 Å². The smallest absolute Gasteiger partial charge is 0.226 e. The van der Waals surface area contributed by atoms with Crippen LogP contribution in [0.1, 0.15) is 36.8 Å². The maximum Gasteiger partial charge on any atom is 0.226 e. The van der Waals surface area contributed by atoms with Crippen molar-refractivity contribution in [2.45, 2.75) is 51.7 Å². The number of benzene rings is 1. The zero-order chi connectivity index (χ0) is 17.8. The summed E-state index contributed by atoms with van der Waals surface area (Å²) < 4.78 is 11.3. The van der Waals surface area contributed by atoms with Gasteiger partial charge >= 0.3 is 0 Å². The predicted molar refractivity (Wildman–Crippen MR) is 95.7 cm³/mol. The van der Waals surface area contributed by atoms with Crippen LogP contribution in [0.2, 0.25) is 0 Å². The lowest BCUT2D eigenvalue weighted by molar-refractivity contribution is -0.136. The van der Waals surface area contributed by atoms with E-state index in [9.17, 15) is 9.90 Å². The van der Waals surface area contributed by atoms with Crippen molar-refractivity contribution in [3.8, 4) is 5.75 Å². The lowest BCUT2D eigenvalue weighted by Crippen LogP contribution is -2.48. The van der Waals surface area contributed by atoms with Crippen molar-refractivity contribution in [2.75, 3.05) is 26.4 Å². The van der Waals surface area contributed by atoms with E-state index >= 15 is 0 Å². The van der Waals surface area contributed by atoms with Crippen molar-refractivity contribution >= 4 is 5.91 Å². The number of hydrogen-bond acceptors (Lipinski definition) is 4. The summed E-state index contributed by atoms with van der Waals surface area (Å²) in [4.78, 5) is 14.6. The van der Waals surface area contributed by atoms with Gasteiger partial charge in [0.1, 0.15) is 5.75 Å². The van der Waals surface area contributed by atoms with Crippen molar-refractivity contribution in [1.82, 2.24) is 4.90 Å². The van der Waals surface area contributed by atoms with Gasteiger partial charge in [-0.1, -0.05) is 17.7 Å². The molecular weight excluding hydrogens is 318 g/mol. The van der Waals surface area contributed by atoms with Gasteiger partial charge in [0.25, 0.3) is 0 Å². The third kappa shape index (κ3) is 4.33. The zero-order valence-electron chi connectivity index (χ0n) is 15.2. The molecule has 1 aromatic carbocycles. The Balaban J connectivity index is 1.53. The first-order chi connectivity index (χ1) is 12.1. The standard InChI is InChI=1S/C20H29NO4/c1-14-5-6-19(15(2)12-14)25-11-8-20(23)21-9-3-4-17(21)16-13-24-10-7-18(16)22/h5-6,12,16-18,22H,3-4,7-11,13H2,1-2H3/t16-,17+,18+/m0/s1. The third-order valence-electron chi connectivity index (χ3n) is 5.38. The number of rotatable bonds is 5. The molecule has 25 heavy (non-hydrogen) atoms. The highest BCUT2D eigenvalue weighted by atomic mass is 16.5. The lowest BCUT2D eigenvalue weighted by atomic mass is 9.89. The van der Waals surface area contributed by atoms with E-state index in [1.807, 2.05) is 24.0 Å². The molecule has 1 N–H and O–H groups in total. The molecule has 0 spiro atoms. The van der Waals surface area contributed by atoms with Gasteiger partial charge in [-0.25, -0.2) is 0 Å². The first-order valence-electron chi connectivity index (χ1n) is 9.31. The highest BCUT2D eigenvalue weighted by Crippen LogP contribution is 2.30. The number of aliphatic hydroxyl groups is 1. The van der Waals surface area contributed by atoms with Gasteiger partial charge in [0, 0.05) is 25.1 Å². The molecular formula is C20H29NO4. The van der Waals surface area contributed by atoms with E-state index in [1.54, 1.807) is 0 Å². The van der Waals surface area contributed by atoms with Gasteiger partial charge < -0.3 is 19.5 Å². The number of aliphatic hydroxyl groups excluding tert-OH is 1. The Morgan fingerprint density at radius 3 is 2.96 bits per heavy atom. The molecule has 138 valence electrons. The zero-order valence-corrected chi connectivity index (χ0v) is 15.2. The second-order valence-electron chi connectivity index (χ2n) is 7.26. The van der Waals surface area contributed by atoms with Crippen LogP contribution in [0.15, 0.2) is 18.2 Å². The molecule has 2 saturated heterocycles. The Labute approximate surface area is 149 Å². The molecule has 2 fully saturated rings. The second kappa shape index (κ2) is 8.19. The summed E-state index contributed by atoms with van der Waals surface area (Å²) in [6.07, 6.45) is 2.62. The van der Waals surface area contributed by atoms with Gasteiger partial charge in [-0.15, -0.1) is 0 Å². The highest BCUT2D eigenvalue weighted by molar-refractivity contribution is 5.77. The minimum Gasteiger partial charge on any atom is -0.493 e. The average molecular weight is 347 g/mol. The molecule has 1 amide bonds. The van der Waals surface area contributed by atoms with E-state index < -0.39 is 0 Å². The molecule has 0 aliphatic carbocycles. The van der Waals surface area contributed by atoms with Crippen LogP contribution in [-0.4, -0.2) is 54.4 Å². The van der Waals surface area contributed by atoms with Gasteiger partial charge in [0.2, 0.25) is 5.91 Å². The van der Waals surface area contributed by atoms with Crippen LogP contribution in [0, 0.1) is 19.8 Å². The van der Waals surface area contributed by atoms with E-state index in [0.717, 1.165) is 30.7 Å². The minimum absolute atomic E-state index is 0.0421. The van der Waals surface area contributed by atoms with E-state index in [0.29, 0.717) is 32.7 Å². The topological polar surface area (TPSA) is 59.0 Å². The predicted octanol–water partition coefficient (Wildman–Crippen LogP) is 2.46. The van der Waals surface area contributed by atoms with Crippen molar-refractivity contribution in [3.05, 3.63) is 29.3 Å². The summed E-state index contributed by atoms with van der Waals surface area (Å²) in [6.45, 7) is 6.39. The quantitative estimate of drug-likeness (QED) is 0.889. The molecule has 2 aliphatic heterocycles. The molecule has 3 atom stereocenters. The highest BCUT2D eigenvalue weighted by Gasteiger charge is 2.39. The normalized spacial score (nSPS) is 26.7. The number of amides is 1. The van der Waals surface area contributed by atoms with Gasteiger partial charge in [0.05, 0.1) is 25.7 Å². The first-order valence-corrected chi connectivity index (χ1v) is 9.31. The monoisotopic (exact) mass is 347 g/mol. The molecule has 0 radical (unpaired) electrons. The minimum atomic E-state index is -0.362. The molecule has 5 nitrogen and oxygen atoms in total. The Hall–Kier alpha value is -1.59. The maximum atomic E-state index is 12.7. The van der Waals surface area contributed by atoms with Gasteiger partial charge in [-0.05, 0) is 44.7 Å². The van der Waals surface area contributed by atoms with Crippen LogP contribution >= 0.6 is 0 Å². The van der Waals surface area contributed by atoms with Crippen LogP contribution in [0.5, 0.6) is 5.75 Å². The average Bonchev–Trinajstić information content (AvgIpc) is 3.06. The summed E-state index contributed by atoms with van der Waals surface area (Å²) in [5.74, 6) is 0.998. The van der Waals surface area contributed by atoms with Gasteiger partial charge in [-0.2, -0.15) is 0 Å². The number of likely N-dealkylation sites (tertiary alicyclic amines) is 1. The Morgan fingerprint density at radius 1 is 1.36 bits per heavy atom. The second-order valence-corrected chi connectivity index (χ2v) is 7.26. The number of hydrogen-bond donors (Lipinski definition) is 1. The summed E-state index contributed by atoms with van der Waals surface area (Å²) in [7, 11) is 0. The fourth-order valence-corrected chi connectivity index (χ4v) is 4.02. The lowest BCUT2D eigenvalue weighted by Gasteiger charge is -2.37. The van der Waals surface area contributed by atoms with Crippen molar-refractivity contribution < 1.29 is 19.4 Å². The molecule has 5 heteroatoms. The molecule has 2 heterocycles. The van der Waals surface area contributed by atoms with Gasteiger partial charge in [0.15, 0.2) is 0 Å². The van der Waals surface area contributed by atoms with Gasteiger partial charge in [-0.3, -0.25) is 4.79 Å². The fourth-order valence-electron chi connectivity index (χ4n) is 4.02. The fraction of sp³-hybridized carbons (Fsp3) is 0.650. The van der Waals surface area contributed by atoms with Crippen LogP contribution < -0.4 is 4.74 Å². The molecule has 0 bridgehead atoms. The number of carbonyl (C=O) groups excluding carboxylic acids is 1. The maximum absolute atomic E-state index is 12.7. The SMILES string of the molecule is Cc1ccc(OCCC(=O)N2CCC[C@@H]2[C@@H]2COCC[C@H]2O)c(C)c1. The summed E-state index contributed by atoms with van der Waals surface area (Å²) >= 11 is 0. The summed E-state index contributed by atoms with van der Waals surface area (Å²) in [5, 5.41) is 10.3. The molecule has 2 aliphatic rings. The van der Waals surface area contributed by atoms with Crippen LogP contribution in [0.25, 0.3) is 0 Å². The summed E-state index contributed by atoms with van der Waals surface area (Å²) in [6, 6.07) is 6.16. The van der Waals surface area contributed by atoms with E-state index in [1.165, 1.54) is 5.56 Å². The van der Waals surface area contributed by atoms with E-state index in [4.69, 9.17) is 9.47 Å². The number of nitrogens with zero attached hydrogens (tertiary/aromatic N) is 1. The van der Waals surface area contributed by atoms with E-state index in [-0.39, 0.29) is 24.0 Å². The van der Waals surface area contributed by atoms with Crippen LogP contribution in [0.3, 0.4) is 0 Å². The number of ether oxygens (including phenoxy) is 2. The molecule has 3 rings (SSSR count). The summed E-state index contributed by atoms with van der Waals surface area (Å²) in [5.41, 5.74) is 2.29. The van der Waals surface area contributed by atoms with Crippen LogP contribution in [0.4, 0.5) is 0 Å². The Bertz CT molecular complexity index is 603. The molecule has 0 aromatic heterocycles. The Kier molecular flexibility index (Phi) is 5.97. The van der Waals surface area contributed by atoms with Crippen molar-refractivity contribution in [2.24, 2.45) is 5.92 Å². The van der Waals surface area contributed by atoms with Crippen molar-refractivity contribution in [1.29, 1.82) is 0 Å². The largest absolute Gasteiger partial charge is 0.493 e. The van der Waals surface area contributed by atoms with E-state index in [2.05, 4.69) is 13.0 Å². The third-order valence-corrected chi connectivity index (χ3v) is 5.38. The molecule has 1 aromatic rings. The van der Waals surface area contributed by atoms with Crippen molar-refractivity contribution in [3.63, 3.8) is 0 Å². The molecule has 0 unspecified atom stereocenters. The number of aryl methyl sites for hydroxylation is 2. The Morgan fingerprint density at radius 2 is 2.20 bits per heavy atom. The first kappa shape index (κ1) is 18.2. The number of carbonyl (C=O) groups is 1.